The summed E-state index contributed by atoms with van der Waals surface area (Å²) in [6.07, 6.45) is -0.0573. The molecule has 1 N–H and O–H groups in total. The van der Waals surface area contributed by atoms with Crippen LogP contribution in [-0.4, -0.2) is 35.6 Å². The van der Waals surface area contributed by atoms with Gasteiger partial charge in [0, 0.05) is 11.4 Å². The smallest absolute Gasteiger partial charge is 0.354 e. The van der Waals surface area contributed by atoms with Crippen molar-refractivity contribution >= 4 is 40.8 Å². The van der Waals surface area contributed by atoms with Crippen LogP contribution in [0, 0.1) is 0 Å². The minimum absolute atomic E-state index is 0.0213. The second-order valence-corrected chi connectivity index (χ2v) is 5.78. The van der Waals surface area contributed by atoms with Gasteiger partial charge in [-0.05, 0) is 25.1 Å². The van der Waals surface area contributed by atoms with Gasteiger partial charge in [0.2, 0.25) is 5.91 Å². The third-order valence-electron chi connectivity index (χ3n) is 3.77. The molecule has 2 amide bonds. The van der Waals surface area contributed by atoms with Crippen LogP contribution in [0.4, 0.5) is 5.69 Å². The first kappa shape index (κ1) is 15.5. The predicted octanol–water partition coefficient (Wildman–Crippen LogP) is 1.25. The first-order chi connectivity index (χ1) is 11.0. The fraction of sp³-hybridized carbons (Fsp3) is 0.333. The summed E-state index contributed by atoms with van der Waals surface area (Å²) < 4.78 is 4.88. The maximum Gasteiger partial charge on any atom is 0.354 e. The fourth-order valence-corrected chi connectivity index (χ4v) is 2.90. The van der Waals surface area contributed by atoms with Gasteiger partial charge in [-0.2, -0.15) is 5.10 Å². The van der Waals surface area contributed by atoms with Gasteiger partial charge in [0.15, 0.2) is 0 Å². The molecule has 120 valence electrons. The van der Waals surface area contributed by atoms with Crippen molar-refractivity contribution in [2.75, 3.05) is 11.5 Å². The van der Waals surface area contributed by atoms with Gasteiger partial charge in [0.1, 0.15) is 11.3 Å². The Labute approximate surface area is 137 Å². The molecule has 0 saturated carbocycles. The van der Waals surface area contributed by atoms with E-state index in [9.17, 15) is 14.4 Å². The fourth-order valence-electron chi connectivity index (χ4n) is 2.71. The zero-order valence-electron chi connectivity index (χ0n) is 12.3. The Morgan fingerprint density at radius 1 is 1.43 bits per heavy atom. The predicted molar refractivity (Wildman–Crippen MR) is 83.1 cm³/mol. The van der Waals surface area contributed by atoms with Crippen molar-refractivity contribution in [3.8, 4) is 0 Å². The number of carbonyl (C=O) groups excluding carboxylic acids is 3. The topological polar surface area (TPSA) is 88.1 Å². The van der Waals surface area contributed by atoms with Crippen LogP contribution in [-0.2, 0) is 19.1 Å². The molecule has 1 unspecified atom stereocenters. The minimum Gasteiger partial charge on any atom is -0.461 e. The Hall–Kier alpha value is -2.41. The van der Waals surface area contributed by atoms with E-state index in [0.29, 0.717) is 10.7 Å². The van der Waals surface area contributed by atoms with E-state index in [0.717, 1.165) is 4.90 Å². The molecule has 0 radical (unpaired) electrons. The monoisotopic (exact) mass is 335 g/mol. The molecule has 23 heavy (non-hydrogen) atoms. The normalized spacial score (nSPS) is 23.2. The zero-order chi connectivity index (χ0) is 16.6. The number of amides is 2. The lowest BCUT2D eigenvalue weighted by Gasteiger charge is -2.21. The molecule has 2 heterocycles. The van der Waals surface area contributed by atoms with Crippen molar-refractivity contribution in [1.29, 1.82) is 0 Å². The number of hydrogen-bond acceptors (Lipinski definition) is 6. The van der Waals surface area contributed by atoms with Gasteiger partial charge < -0.3 is 4.74 Å². The van der Waals surface area contributed by atoms with Crippen molar-refractivity contribution in [2.24, 2.45) is 5.10 Å². The summed E-state index contributed by atoms with van der Waals surface area (Å²) in [5.41, 5.74) is 1.95. The van der Waals surface area contributed by atoms with E-state index in [-0.39, 0.29) is 31.1 Å². The van der Waals surface area contributed by atoms with Crippen LogP contribution in [0.15, 0.2) is 29.4 Å². The average Bonchev–Trinajstić information content (AvgIpc) is 3.02. The van der Waals surface area contributed by atoms with Crippen LogP contribution in [0.5, 0.6) is 0 Å². The van der Waals surface area contributed by atoms with Gasteiger partial charge in [-0.1, -0.05) is 17.7 Å². The van der Waals surface area contributed by atoms with Crippen molar-refractivity contribution in [1.82, 2.24) is 5.43 Å². The summed E-state index contributed by atoms with van der Waals surface area (Å²) in [7, 11) is 0. The SMILES string of the molecule is CCOC(=O)C1=NNC2(CC(=O)N(c3cccc(Cl)c3)C2=O)C1. The van der Waals surface area contributed by atoms with Crippen LogP contribution < -0.4 is 10.3 Å². The van der Waals surface area contributed by atoms with Crippen molar-refractivity contribution in [2.45, 2.75) is 25.3 Å². The van der Waals surface area contributed by atoms with E-state index < -0.39 is 17.4 Å². The Morgan fingerprint density at radius 2 is 2.22 bits per heavy atom. The van der Waals surface area contributed by atoms with E-state index in [1.165, 1.54) is 0 Å². The number of benzene rings is 1. The lowest BCUT2D eigenvalue weighted by Crippen LogP contribution is -2.47. The standard InChI is InChI=1S/C15H14ClN3O4/c1-2-23-13(21)11-7-15(18-17-11)8-12(20)19(14(15)22)10-5-3-4-9(16)6-10/h3-6,18H,2,7-8H2,1H3. The molecule has 1 atom stereocenters. The van der Waals surface area contributed by atoms with Gasteiger partial charge in [0.25, 0.3) is 5.91 Å². The molecule has 1 saturated heterocycles. The van der Waals surface area contributed by atoms with Crippen molar-refractivity contribution in [3.05, 3.63) is 29.3 Å². The number of nitrogens with zero attached hydrogens (tertiary/aromatic N) is 2. The van der Waals surface area contributed by atoms with Crippen LogP contribution >= 0.6 is 11.6 Å². The highest BCUT2D eigenvalue weighted by atomic mass is 35.5. The molecule has 0 aliphatic carbocycles. The number of rotatable bonds is 3. The highest BCUT2D eigenvalue weighted by Gasteiger charge is 2.56. The molecule has 0 aromatic heterocycles. The molecule has 2 aliphatic heterocycles. The second-order valence-electron chi connectivity index (χ2n) is 5.34. The lowest BCUT2D eigenvalue weighted by molar-refractivity contribution is -0.135. The molecular formula is C15H14ClN3O4. The molecule has 7 nitrogen and oxygen atoms in total. The van der Waals surface area contributed by atoms with E-state index in [2.05, 4.69) is 10.5 Å². The highest BCUT2D eigenvalue weighted by Crippen LogP contribution is 2.35. The van der Waals surface area contributed by atoms with Gasteiger partial charge in [-0.25, -0.2) is 9.69 Å². The number of carbonyl (C=O) groups is 3. The molecule has 1 aromatic carbocycles. The number of esters is 1. The summed E-state index contributed by atoms with van der Waals surface area (Å²) >= 11 is 5.92. The maximum atomic E-state index is 12.8. The Bertz CT molecular complexity index is 733. The van der Waals surface area contributed by atoms with Crippen LogP contribution in [0.1, 0.15) is 19.8 Å². The highest BCUT2D eigenvalue weighted by molar-refractivity contribution is 6.39. The number of hydrazone groups is 1. The minimum atomic E-state index is -1.22. The van der Waals surface area contributed by atoms with Crippen LogP contribution in [0.2, 0.25) is 5.02 Å². The third-order valence-corrected chi connectivity index (χ3v) is 4.00. The molecular weight excluding hydrogens is 322 g/mol. The zero-order valence-corrected chi connectivity index (χ0v) is 13.1. The molecule has 3 rings (SSSR count). The number of nitrogens with one attached hydrogen (secondary N) is 1. The summed E-state index contributed by atoms with van der Waals surface area (Å²) in [5.74, 6) is -1.41. The van der Waals surface area contributed by atoms with Crippen LogP contribution in [0.25, 0.3) is 0 Å². The Morgan fingerprint density at radius 3 is 2.91 bits per heavy atom. The summed E-state index contributed by atoms with van der Waals surface area (Å²) in [4.78, 5) is 37.9. The molecule has 1 fully saturated rings. The molecule has 1 spiro atoms. The first-order valence-corrected chi connectivity index (χ1v) is 7.48. The van der Waals surface area contributed by atoms with Gasteiger partial charge in [-0.15, -0.1) is 0 Å². The average molecular weight is 336 g/mol. The van der Waals surface area contributed by atoms with Crippen LogP contribution in [0.3, 0.4) is 0 Å². The largest absolute Gasteiger partial charge is 0.461 e. The van der Waals surface area contributed by atoms with Gasteiger partial charge >= 0.3 is 5.97 Å². The Balaban J connectivity index is 1.84. The Kier molecular flexibility index (Phi) is 3.81. The van der Waals surface area contributed by atoms with Crippen molar-refractivity contribution in [3.63, 3.8) is 0 Å². The summed E-state index contributed by atoms with van der Waals surface area (Å²) in [5, 5.41) is 4.31. The van der Waals surface area contributed by atoms with Gasteiger partial charge in [-0.3, -0.25) is 15.0 Å². The first-order valence-electron chi connectivity index (χ1n) is 7.10. The summed E-state index contributed by atoms with van der Waals surface area (Å²) in [6, 6.07) is 6.48. The lowest BCUT2D eigenvalue weighted by atomic mass is 9.93. The number of hydrogen-bond donors (Lipinski definition) is 1. The second kappa shape index (κ2) is 5.66. The summed E-state index contributed by atoms with van der Waals surface area (Å²) in [6.45, 7) is 1.90. The van der Waals surface area contributed by atoms with E-state index >= 15 is 0 Å². The maximum absolute atomic E-state index is 12.8. The third kappa shape index (κ3) is 2.57. The van der Waals surface area contributed by atoms with E-state index in [1.807, 2.05) is 0 Å². The molecule has 2 aliphatic rings. The van der Waals surface area contributed by atoms with Crippen molar-refractivity contribution < 1.29 is 19.1 Å². The van der Waals surface area contributed by atoms with Gasteiger partial charge in [0.05, 0.1) is 18.7 Å². The number of ether oxygens (including phenoxy) is 1. The molecule has 1 aromatic rings. The molecule has 8 heteroatoms. The number of halogens is 1. The van der Waals surface area contributed by atoms with E-state index in [4.69, 9.17) is 16.3 Å². The number of imide groups is 1. The number of anilines is 1. The molecule has 0 bridgehead atoms. The quantitative estimate of drug-likeness (QED) is 0.663. The van der Waals surface area contributed by atoms with E-state index in [1.54, 1.807) is 31.2 Å².